The van der Waals surface area contributed by atoms with Crippen molar-refractivity contribution in [2.75, 3.05) is 13.2 Å². The lowest BCUT2D eigenvalue weighted by Gasteiger charge is -2.50. The molecule has 1 aromatic carbocycles. The molecule has 5 saturated heterocycles. The first-order chi connectivity index (χ1) is 28.3. The number of hydrogen-bond donors (Lipinski definition) is 2. The number of hydroxylamine groups is 2. The van der Waals surface area contributed by atoms with Gasteiger partial charge in [-0.2, -0.15) is 5.06 Å². The monoisotopic (exact) mass is 817 g/mol. The highest BCUT2D eigenvalue weighted by Crippen LogP contribution is 2.64. The molecule has 2 bridgehead atoms. The molecule has 9 aliphatic rings. The minimum atomic E-state index is -1.39. The minimum Gasteiger partial charge on any atom is -0.460 e. The summed E-state index contributed by atoms with van der Waals surface area (Å²) in [5, 5.41) is 14.7. The van der Waals surface area contributed by atoms with E-state index >= 15 is 4.79 Å². The molecule has 0 aromatic heterocycles. The number of esters is 2. The van der Waals surface area contributed by atoms with E-state index in [9.17, 15) is 19.5 Å². The second-order valence-corrected chi connectivity index (χ2v) is 19.7. The molecule has 10 rings (SSSR count). The van der Waals surface area contributed by atoms with Crippen molar-refractivity contribution in [3.05, 3.63) is 41.5 Å². The van der Waals surface area contributed by atoms with E-state index in [0.29, 0.717) is 37.5 Å². The van der Waals surface area contributed by atoms with Gasteiger partial charge in [-0.15, -0.1) is 0 Å². The average Bonchev–Trinajstić information content (AvgIpc) is 4.16. The van der Waals surface area contributed by atoms with Crippen LogP contribution in [0.25, 0.3) is 6.08 Å². The molecule has 14 nitrogen and oxygen atoms in total. The van der Waals surface area contributed by atoms with Gasteiger partial charge in [-0.1, -0.05) is 36.4 Å². The molecule has 14 heteroatoms. The van der Waals surface area contributed by atoms with Gasteiger partial charge in [-0.05, 0) is 102 Å². The Hall–Kier alpha value is -3.40. The largest absolute Gasteiger partial charge is 0.460 e. The molecule has 4 aliphatic carbocycles. The maximum absolute atomic E-state index is 15.5. The summed E-state index contributed by atoms with van der Waals surface area (Å²) in [5.74, 6) is -1.45. The fraction of sp³-hybridized carbons (Fsp3) is 0.733. The van der Waals surface area contributed by atoms with Gasteiger partial charge in [0.15, 0.2) is 11.8 Å². The molecule has 5 heterocycles. The van der Waals surface area contributed by atoms with Crippen molar-refractivity contribution in [3.63, 3.8) is 0 Å². The molecule has 9 fully saturated rings. The zero-order chi connectivity index (χ0) is 40.8. The lowest BCUT2D eigenvalue weighted by molar-refractivity contribution is -0.235. The van der Waals surface area contributed by atoms with E-state index < -0.39 is 77.2 Å². The molecule has 320 valence electrons. The number of nitrogens with zero attached hydrogens (tertiary/aromatic N) is 2. The Morgan fingerprint density at radius 1 is 0.983 bits per heavy atom. The third-order valence-electron chi connectivity index (χ3n) is 14.3. The van der Waals surface area contributed by atoms with E-state index in [1.807, 2.05) is 12.1 Å². The maximum Gasteiger partial charge on any atom is 0.327 e. The molecule has 3 unspecified atom stereocenters. The summed E-state index contributed by atoms with van der Waals surface area (Å²) in [5.41, 5.74) is -0.0499. The number of hydrogen-bond acceptors (Lipinski definition) is 12. The minimum absolute atomic E-state index is 0.0174. The normalized spacial score (nSPS) is 37.5. The number of benzene rings is 1. The fourth-order valence-corrected chi connectivity index (χ4v) is 11.2. The van der Waals surface area contributed by atoms with Crippen LogP contribution in [-0.4, -0.2) is 118 Å². The van der Waals surface area contributed by atoms with Crippen molar-refractivity contribution >= 4 is 29.8 Å². The van der Waals surface area contributed by atoms with Crippen molar-refractivity contribution in [3.8, 4) is 0 Å². The lowest BCUT2D eigenvalue weighted by Crippen LogP contribution is -2.70. The third kappa shape index (κ3) is 7.33. The highest BCUT2D eigenvalue weighted by Gasteiger charge is 2.78. The molecule has 2 N–H and O–H groups in total. The van der Waals surface area contributed by atoms with Gasteiger partial charge >= 0.3 is 11.9 Å². The fourth-order valence-electron chi connectivity index (χ4n) is 11.2. The standard InChI is InChI=1S/C45H59N3O11/c1-43(2,3)56-35(50)19-17-30(24-49)46-40(51)31-5-4-20-47(31)42(53)44-22-34-36-37(58-45(57-36,28-13-14-28)29-15-16-29)39(44)59-48(38(44)41(52)55-34)23-27-10-7-25(8-11-27)6-9-26-12-18-32-33(21-26)54-32/h6-11,26,28-34,36-39,49H,4-5,12-24H2,1-3H3,(H,46,51)/t26?,30-,31+,32?,33?,34+,36-,37-,38-,39+,44-/m0/s1. The van der Waals surface area contributed by atoms with Crippen LogP contribution in [-0.2, 0) is 54.2 Å². The van der Waals surface area contributed by atoms with E-state index in [4.69, 9.17) is 28.5 Å². The first kappa shape index (κ1) is 39.7. The van der Waals surface area contributed by atoms with Crippen LogP contribution in [0.1, 0.15) is 109 Å². The number of aliphatic hydroxyl groups excluding tert-OH is 1. The lowest BCUT2D eigenvalue weighted by atomic mass is 9.62. The molecule has 11 atom stereocenters. The van der Waals surface area contributed by atoms with E-state index in [-0.39, 0.29) is 50.2 Å². The first-order valence-electron chi connectivity index (χ1n) is 22.2. The number of allylic oxidation sites excluding steroid dienone is 1. The molecule has 1 aromatic rings. The highest BCUT2D eigenvalue weighted by molar-refractivity contribution is 5.96. The molecular formula is C45H59N3O11. The van der Waals surface area contributed by atoms with Crippen LogP contribution in [0, 0.1) is 23.2 Å². The summed E-state index contributed by atoms with van der Waals surface area (Å²) in [4.78, 5) is 64.8. The summed E-state index contributed by atoms with van der Waals surface area (Å²) in [6.07, 6.45) is 11.3. The number of epoxide rings is 1. The Labute approximate surface area is 345 Å². The van der Waals surface area contributed by atoms with Gasteiger partial charge in [0.1, 0.15) is 41.5 Å². The van der Waals surface area contributed by atoms with E-state index in [2.05, 4.69) is 29.6 Å². The molecule has 0 spiro atoms. The van der Waals surface area contributed by atoms with Crippen LogP contribution >= 0.6 is 0 Å². The van der Waals surface area contributed by atoms with Crippen molar-refractivity contribution in [2.24, 2.45) is 23.2 Å². The zero-order valence-corrected chi connectivity index (χ0v) is 34.4. The number of ether oxygens (including phenoxy) is 5. The third-order valence-corrected chi connectivity index (χ3v) is 14.3. The summed E-state index contributed by atoms with van der Waals surface area (Å²) >= 11 is 0. The van der Waals surface area contributed by atoms with Gasteiger partial charge in [0.2, 0.25) is 11.8 Å². The maximum atomic E-state index is 15.5. The van der Waals surface area contributed by atoms with Crippen molar-refractivity contribution in [2.45, 2.75) is 171 Å². The van der Waals surface area contributed by atoms with Crippen molar-refractivity contribution in [1.82, 2.24) is 15.3 Å². The number of fused-ring (bicyclic) bond motifs is 5. The predicted molar refractivity (Wildman–Crippen MR) is 209 cm³/mol. The van der Waals surface area contributed by atoms with Gasteiger partial charge in [0.05, 0.1) is 31.4 Å². The Bertz CT molecular complexity index is 1840. The van der Waals surface area contributed by atoms with Crippen LogP contribution in [0.15, 0.2) is 30.3 Å². The Balaban J connectivity index is 0.904. The summed E-state index contributed by atoms with van der Waals surface area (Å²) < 4.78 is 31.3. The smallest absolute Gasteiger partial charge is 0.327 e. The molecule has 59 heavy (non-hydrogen) atoms. The van der Waals surface area contributed by atoms with Crippen molar-refractivity contribution < 1.29 is 52.8 Å². The van der Waals surface area contributed by atoms with Crippen molar-refractivity contribution in [1.29, 1.82) is 0 Å². The average molecular weight is 818 g/mol. The first-order valence-corrected chi connectivity index (χ1v) is 22.2. The van der Waals surface area contributed by atoms with Crippen LogP contribution in [0.4, 0.5) is 0 Å². The zero-order valence-electron chi connectivity index (χ0n) is 34.4. The molecule has 0 radical (unpaired) electrons. The van der Waals surface area contributed by atoms with Crippen LogP contribution in [0.3, 0.4) is 0 Å². The summed E-state index contributed by atoms with van der Waals surface area (Å²) in [6, 6.07) is 5.58. The van der Waals surface area contributed by atoms with E-state index in [0.717, 1.165) is 56.1 Å². The number of carbonyl (C=O) groups excluding carboxylic acids is 4. The van der Waals surface area contributed by atoms with Gasteiger partial charge in [0.25, 0.3) is 0 Å². The number of nitrogens with one attached hydrogen (secondary N) is 1. The number of rotatable bonds is 13. The topological polar surface area (TPSA) is 166 Å². The van der Waals surface area contributed by atoms with Crippen LogP contribution < -0.4 is 5.32 Å². The molecule has 2 amide bonds. The second kappa shape index (κ2) is 14.9. The number of aliphatic hydroxyl groups is 1. The highest BCUT2D eigenvalue weighted by atomic mass is 16.8. The molecule has 5 aliphatic heterocycles. The van der Waals surface area contributed by atoms with Crippen LogP contribution in [0.2, 0.25) is 0 Å². The summed E-state index contributed by atoms with van der Waals surface area (Å²) in [7, 11) is 0. The van der Waals surface area contributed by atoms with Gasteiger partial charge in [0, 0.05) is 31.2 Å². The predicted octanol–water partition coefficient (Wildman–Crippen LogP) is 3.96. The van der Waals surface area contributed by atoms with Crippen LogP contribution in [0.5, 0.6) is 0 Å². The molecular weight excluding hydrogens is 759 g/mol. The Morgan fingerprint density at radius 2 is 1.73 bits per heavy atom. The molecule has 4 saturated carbocycles. The number of carbonyl (C=O) groups is 4. The summed E-state index contributed by atoms with van der Waals surface area (Å²) in [6.45, 7) is 5.53. The Morgan fingerprint density at radius 3 is 2.42 bits per heavy atom. The van der Waals surface area contributed by atoms with E-state index in [1.54, 1.807) is 30.7 Å². The Kier molecular flexibility index (Phi) is 10.0. The van der Waals surface area contributed by atoms with E-state index in [1.165, 1.54) is 0 Å². The van der Waals surface area contributed by atoms with Gasteiger partial charge in [-0.25, -0.2) is 0 Å². The quantitative estimate of drug-likeness (QED) is 0.218. The number of likely N-dealkylation sites (tertiary alicyclic amines) is 1. The number of amides is 2. The second-order valence-electron chi connectivity index (χ2n) is 19.7. The SMILES string of the molecule is CC(C)(C)OC(=O)CC[C@@H](CO)NC(=O)[C@H]1CCCN1C(=O)[C@@]12C[C@H]3OC(=O)[C@@H]1N(Cc1ccc(C=CC4CCC5OC5C4)cc1)O[C@@H]2[C@H]1OC(C2CC2)(C2CC2)O[C@H]13. The van der Waals surface area contributed by atoms with Gasteiger partial charge in [-0.3, -0.25) is 24.0 Å². The van der Waals surface area contributed by atoms with Gasteiger partial charge < -0.3 is 39.0 Å².